The van der Waals surface area contributed by atoms with Gasteiger partial charge in [-0.2, -0.15) is 0 Å². The Hall–Kier alpha value is -0.870. The lowest BCUT2D eigenvalue weighted by Crippen LogP contribution is -2.27. The van der Waals surface area contributed by atoms with Gasteiger partial charge in [-0.3, -0.25) is 0 Å². The Morgan fingerprint density at radius 2 is 2.05 bits per heavy atom. The van der Waals surface area contributed by atoms with Crippen LogP contribution in [0, 0.1) is 0 Å². The van der Waals surface area contributed by atoms with Crippen molar-refractivity contribution >= 4 is 23.5 Å². The number of imidazole rings is 1. The van der Waals surface area contributed by atoms with Crippen LogP contribution in [0.15, 0.2) is 43.0 Å². The first-order valence-corrected chi connectivity index (χ1v) is 9.41. The van der Waals surface area contributed by atoms with Gasteiger partial charge in [-0.1, -0.05) is 38.1 Å². The first kappa shape index (κ1) is 15.0. The molecule has 0 radical (unpaired) electrons. The van der Waals surface area contributed by atoms with Crippen LogP contribution in [0.25, 0.3) is 0 Å². The Kier molecular flexibility index (Phi) is 4.65. The second kappa shape index (κ2) is 6.49. The maximum atomic E-state index is 4.19. The molecule has 2 atom stereocenters. The van der Waals surface area contributed by atoms with E-state index < -0.39 is 0 Å². The van der Waals surface area contributed by atoms with Gasteiger partial charge in [0.1, 0.15) is 0 Å². The largest absolute Gasteiger partial charge is 0.335 e. The second-order valence-corrected chi connectivity index (χ2v) is 9.22. The van der Waals surface area contributed by atoms with Gasteiger partial charge in [-0.15, -0.1) is 23.5 Å². The van der Waals surface area contributed by atoms with E-state index in [1.54, 1.807) is 0 Å². The fourth-order valence-corrected chi connectivity index (χ4v) is 6.50. The molecule has 21 heavy (non-hydrogen) atoms. The van der Waals surface area contributed by atoms with E-state index in [1.165, 1.54) is 16.9 Å². The normalized spacial score (nSPS) is 25.3. The molecular formula is C17H22N2S2. The maximum absolute atomic E-state index is 4.19. The van der Waals surface area contributed by atoms with E-state index in [9.17, 15) is 0 Å². The van der Waals surface area contributed by atoms with Crippen LogP contribution in [-0.4, -0.2) is 24.6 Å². The summed E-state index contributed by atoms with van der Waals surface area (Å²) in [5.74, 6) is 1.24. The predicted molar refractivity (Wildman–Crippen MR) is 94.0 cm³/mol. The number of aromatic nitrogens is 2. The molecule has 1 fully saturated rings. The number of aryl methyl sites for hydroxylation is 1. The van der Waals surface area contributed by atoms with Gasteiger partial charge < -0.3 is 4.57 Å². The second-order valence-electron chi connectivity index (χ2n) is 5.73. The number of rotatable bonds is 5. The Morgan fingerprint density at radius 1 is 1.29 bits per heavy atom. The summed E-state index contributed by atoms with van der Waals surface area (Å²) in [6.45, 7) is 5.58. The molecular weight excluding hydrogens is 296 g/mol. The summed E-state index contributed by atoms with van der Waals surface area (Å²) in [4.78, 5) is 4.19. The number of hydrogen-bond donors (Lipinski definition) is 0. The summed E-state index contributed by atoms with van der Waals surface area (Å²) in [7, 11) is 0. The summed E-state index contributed by atoms with van der Waals surface area (Å²) in [5, 5.41) is 0.730. The third kappa shape index (κ3) is 3.67. The fourth-order valence-electron chi connectivity index (χ4n) is 2.80. The van der Waals surface area contributed by atoms with Gasteiger partial charge in [0.2, 0.25) is 0 Å². The number of hydrogen-bond acceptors (Lipinski definition) is 3. The number of nitrogens with zero attached hydrogens (tertiary/aromatic N) is 2. The molecule has 2 unspecified atom stereocenters. The van der Waals surface area contributed by atoms with Crippen LogP contribution >= 0.6 is 23.5 Å². The summed E-state index contributed by atoms with van der Waals surface area (Å²) in [5.41, 5.74) is 2.86. The SMILES string of the molecule is CCc1ccc(CC2(Cn3ccnc3)SCC(C)S2)cc1. The molecule has 1 aromatic carbocycles. The monoisotopic (exact) mass is 318 g/mol. The van der Waals surface area contributed by atoms with Gasteiger partial charge in [0.05, 0.1) is 10.4 Å². The summed E-state index contributed by atoms with van der Waals surface area (Å²) in [6, 6.07) is 9.15. The minimum absolute atomic E-state index is 0.244. The third-order valence-electron chi connectivity index (χ3n) is 3.88. The zero-order chi connectivity index (χ0) is 14.7. The standard InChI is InChI=1S/C17H22N2S2/c1-3-15-4-6-16(7-5-15)10-17(20-11-14(2)21-17)12-19-9-8-18-13-19/h4-9,13-14H,3,10-12H2,1-2H3. The number of thioether (sulfide) groups is 2. The Labute approximate surface area is 135 Å². The molecule has 0 amide bonds. The molecule has 0 N–H and O–H groups in total. The molecule has 3 rings (SSSR count). The Bertz CT molecular complexity index is 565. The zero-order valence-corrected chi connectivity index (χ0v) is 14.3. The highest BCUT2D eigenvalue weighted by molar-refractivity contribution is 8.21. The van der Waals surface area contributed by atoms with E-state index >= 15 is 0 Å². The van der Waals surface area contributed by atoms with E-state index in [2.05, 4.69) is 77.4 Å². The molecule has 1 saturated heterocycles. The molecule has 2 aromatic rings. The fraction of sp³-hybridized carbons (Fsp3) is 0.471. The van der Waals surface area contributed by atoms with Gasteiger partial charge in [-0.25, -0.2) is 4.98 Å². The van der Waals surface area contributed by atoms with Crippen LogP contribution in [-0.2, 0) is 19.4 Å². The Morgan fingerprint density at radius 3 is 2.62 bits per heavy atom. The summed E-state index contributed by atoms with van der Waals surface area (Å²) >= 11 is 4.25. The highest BCUT2D eigenvalue weighted by Crippen LogP contribution is 2.50. The zero-order valence-electron chi connectivity index (χ0n) is 12.7. The molecule has 1 aliphatic rings. The topological polar surface area (TPSA) is 17.8 Å². The highest BCUT2D eigenvalue weighted by atomic mass is 32.2. The summed E-state index contributed by atoms with van der Waals surface area (Å²) in [6.07, 6.45) is 8.12. The highest BCUT2D eigenvalue weighted by Gasteiger charge is 2.39. The van der Waals surface area contributed by atoms with Crippen LogP contribution in [0.1, 0.15) is 25.0 Å². The van der Waals surface area contributed by atoms with Crippen molar-refractivity contribution in [2.75, 3.05) is 5.75 Å². The van der Waals surface area contributed by atoms with Gasteiger partial charge in [0, 0.05) is 29.9 Å². The van der Waals surface area contributed by atoms with Crippen molar-refractivity contribution < 1.29 is 0 Å². The van der Waals surface area contributed by atoms with Crippen LogP contribution in [0.4, 0.5) is 0 Å². The van der Waals surface area contributed by atoms with Crippen molar-refractivity contribution in [3.63, 3.8) is 0 Å². The molecule has 1 aliphatic heterocycles. The average Bonchev–Trinajstić information content (AvgIpc) is 3.11. The van der Waals surface area contributed by atoms with Crippen molar-refractivity contribution in [1.29, 1.82) is 0 Å². The average molecular weight is 319 g/mol. The van der Waals surface area contributed by atoms with Crippen molar-refractivity contribution in [3.8, 4) is 0 Å². The molecule has 0 bridgehead atoms. The molecule has 2 nitrogen and oxygen atoms in total. The Balaban J connectivity index is 1.78. The first-order valence-electron chi connectivity index (χ1n) is 7.54. The lowest BCUT2D eigenvalue weighted by Gasteiger charge is -2.28. The molecule has 0 spiro atoms. The van der Waals surface area contributed by atoms with Gasteiger partial charge in [-0.05, 0) is 24.0 Å². The maximum Gasteiger partial charge on any atom is 0.0946 e. The van der Waals surface area contributed by atoms with Crippen molar-refractivity contribution in [1.82, 2.24) is 9.55 Å². The molecule has 2 heterocycles. The van der Waals surface area contributed by atoms with Crippen molar-refractivity contribution in [3.05, 3.63) is 54.1 Å². The van der Waals surface area contributed by atoms with Gasteiger partial charge in [0.15, 0.2) is 0 Å². The quantitative estimate of drug-likeness (QED) is 0.820. The van der Waals surface area contributed by atoms with E-state index in [0.717, 1.165) is 24.6 Å². The summed E-state index contributed by atoms with van der Waals surface area (Å²) < 4.78 is 2.46. The smallest absolute Gasteiger partial charge is 0.0946 e. The minimum atomic E-state index is 0.244. The van der Waals surface area contributed by atoms with E-state index in [4.69, 9.17) is 0 Å². The lowest BCUT2D eigenvalue weighted by atomic mass is 10.1. The van der Waals surface area contributed by atoms with E-state index in [1.807, 2.05) is 12.5 Å². The van der Waals surface area contributed by atoms with Crippen molar-refractivity contribution in [2.45, 2.75) is 42.6 Å². The molecule has 0 saturated carbocycles. The first-order chi connectivity index (χ1) is 10.2. The predicted octanol–water partition coefficient (Wildman–Crippen LogP) is 4.25. The molecule has 112 valence electrons. The van der Waals surface area contributed by atoms with Crippen LogP contribution < -0.4 is 0 Å². The van der Waals surface area contributed by atoms with E-state index in [0.29, 0.717) is 0 Å². The minimum Gasteiger partial charge on any atom is -0.335 e. The van der Waals surface area contributed by atoms with E-state index in [-0.39, 0.29) is 4.08 Å². The van der Waals surface area contributed by atoms with Crippen LogP contribution in [0.3, 0.4) is 0 Å². The third-order valence-corrected chi connectivity index (χ3v) is 7.48. The molecule has 0 aliphatic carbocycles. The van der Waals surface area contributed by atoms with Crippen LogP contribution in [0.2, 0.25) is 0 Å². The van der Waals surface area contributed by atoms with Crippen LogP contribution in [0.5, 0.6) is 0 Å². The van der Waals surface area contributed by atoms with Gasteiger partial charge >= 0.3 is 0 Å². The molecule has 1 aromatic heterocycles. The molecule has 4 heteroatoms. The van der Waals surface area contributed by atoms with Gasteiger partial charge in [0.25, 0.3) is 0 Å². The number of benzene rings is 1. The lowest BCUT2D eigenvalue weighted by molar-refractivity contribution is 0.625. The van der Waals surface area contributed by atoms with Crippen molar-refractivity contribution in [2.24, 2.45) is 0 Å².